The molecule has 5 heterocycles. The third-order valence-electron chi connectivity index (χ3n) is 7.60. The van der Waals surface area contributed by atoms with Crippen LogP contribution in [-0.2, 0) is 4.79 Å². The zero-order chi connectivity index (χ0) is 30.2. The molecule has 2 aromatic carbocycles. The van der Waals surface area contributed by atoms with Gasteiger partial charge in [0.2, 0.25) is 0 Å². The van der Waals surface area contributed by atoms with E-state index >= 15 is 0 Å². The highest BCUT2D eigenvalue weighted by Gasteiger charge is 2.26. The van der Waals surface area contributed by atoms with Gasteiger partial charge >= 0.3 is 0 Å². The Morgan fingerprint density at radius 1 is 0.636 bits per heavy atom. The summed E-state index contributed by atoms with van der Waals surface area (Å²) in [6.45, 7) is 4.84. The van der Waals surface area contributed by atoms with Gasteiger partial charge in [0, 0.05) is 47.8 Å². The smallest absolute Gasteiger partial charge is 0.187 e. The molecule has 0 amide bonds. The van der Waals surface area contributed by atoms with Gasteiger partial charge in [-0.1, -0.05) is 36.4 Å². The Kier molecular flexibility index (Phi) is 7.04. The fourth-order valence-electron chi connectivity index (χ4n) is 5.50. The van der Waals surface area contributed by atoms with Crippen LogP contribution in [0.2, 0.25) is 0 Å². The number of likely N-dealkylation sites (N-methyl/N-ethyl adjacent to an activating group) is 1. The van der Waals surface area contributed by atoms with E-state index in [1.807, 2.05) is 140 Å². The van der Waals surface area contributed by atoms with Crippen molar-refractivity contribution in [1.29, 1.82) is 0 Å². The average Bonchev–Trinajstić information content (AvgIpc) is 3.83. The van der Waals surface area contributed by atoms with Crippen molar-refractivity contribution in [2.75, 3.05) is 20.1 Å². The highest BCUT2D eigenvalue weighted by atomic mass is 16.3. The van der Waals surface area contributed by atoms with Crippen LogP contribution in [0.4, 0.5) is 0 Å². The minimum atomic E-state index is -0.00817. The van der Waals surface area contributed by atoms with Crippen molar-refractivity contribution < 1.29 is 13.6 Å². The molecule has 44 heavy (non-hydrogen) atoms. The van der Waals surface area contributed by atoms with Gasteiger partial charge in [-0.05, 0) is 81.6 Å². The van der Waals surface area contributed by atoms with Gasteiger partial charge in [0.15, 0.2) is 17.3 Å². The van der Waals surface area contributed by atoms with E-state index in [2.05, 4.69) is 4.90 Å². The first-order valence-corrected chi connectivity index (χ1v) is 14.5. The number of carbonyl (C=O) groups excluding carboxylic acids is 1. The quantitative estimate of drug-likeness (QED) is 0.194. The molecule has 1 aliphatic heterocycles. The van der Waals surface area contributed by atoms with Crippen LogP contribution in [0.3, 0.4) is 0 Å². The molecule has 0 radical (unpaired) electrons. The van der Waals surface area contributed by atoms with E-state index < -0.39 is 0 Å². The molecule has 4 aromatic heterocycles. The van der Waals surface area contributed by atoms with Crippen molar-refractivity contribution in [2.24, 2.45) is 0 Å². The molecule has 0 unspecified atom stereocenters. The number of ketones is 1. The molecule has 218 valence electrons. The van der Waals surface area contributed by atoms with Gasteiger partial charge in [0.25, 0.3) is 0 Å². The van der Waals surface area contributed by atoms with Gasteiger partial charge in [-0.2, -0.15) is 10.2 Å². The first-order valence-electron chi connectivity index (χ1n) is 14.5. The second-order valence-corrected chi connectivity index (χ2v) is 11.1. The Labute approximate surface area is 255 Å². The van der Waals surface area contributed by atoms with Crippen LogP contribution in [0.25, 0.3) is 46.4 Å². The van der Waals surface area contributed by atoms with Crippen molar-refractivity contribution in [2.45, 2.75) is 13.8 Å². The summed E-state index contributed by atoms with van der Waals surface area (Å²) in [6.07, 6.45) is 7.77. The van der Waals surface area contributed by atoms with Gasteiger partial charge in [0.05, 0.1) is 11.4 Å². The van der Waals surface area contributed by atoms with Crippen molar-refractivity contribution >= 4 is 17.9 Å². The summed E-state index contributed by atoms with van der Waals surface area (Å²) in [5, 5.41) is 9.71. The lowest BCUT2D eigenvalue weighted by molar-refractivity contribution is -0.113. The summed E-state index contributed by atoms with van der Waals surface area (Å²) < 4.78 is 15.6. The lowest BCUT2D eigenvalue weighted by Gasteiger charge is -2.26. The Hall–Kier alpha value is -5.47. The Balaban J connectivity index is 1.30. The molecule has 0 bridgehead atoms. The molecule has 0 N–H and O–H groups in total. The zero-order valence-electron chi connectivity index (χ0n) is 24.8. The van der Waals surface area contributed by atoms with Gasteiger partial charge in [-0.25, -0.2) is 9.36 Å². The van der Waals surface area contributed by atoms with Crippen molar-refractivity contribution in [1.82, 2.24) is 24.5 Å². The van der Waals surface area contributed by atoms with Gasteiger partial charge in [-0.3, -0.25) is 9.69 Å². The standard InChI is InChI=1S/C36H31N5O3/c1-24-14-16-32(43-24)34-26(22-40(37-34)30-10-6-4-7-11-30)18-28-20-39(3)21-29(36(28)42)19-27-23-41(31-12-8-5-9-13-31)38-35(27)33-17-15-25(2)44-33/h4-19,22-23H,20-21H2,1-3H3/b28-18-,29-19-. The number of Topliss-reactive ketones (excluding diaryl/α,β-unsaturated/α-hetero) is 1. The number of carbonyl (C=O) groups is 1. The van der Waals surface area contributed by atoms with Gasteiger partial charge < -0.3 is 8.83 Å². The maximum Gasteiger partial charge on any atom is 0.187 e. The second kappa shape index (κ2) is 11.3. The summed E-state index contributed by atoms with van der Waals surface area (Å²) >= 11 is 0. The average molecular weight is 582 g/mol. The fraction of sp³-hybridized carbons (Fsp3) is 0.139. The summed E-state index contributed by atoms with van der Waals surface area (Å²) in [5.74, 6) is 2.90. The first kappa shape index (κ1) is 27.4. The number of rotatable bonds is 6. The monoisotopic (exact) mass is 581 g/mol. The van der Waals surface area contributed by atoms with Crippen LogP contribution in [0.15, 0.2) is 117 Å². The summed E-state index contributed by atoms with van der Waals surface area (Å²) in [6, 6.07) is 27.5. The largest absolute Gasteiger partial charge is 0.460 e. The second-order valence-electron chi connectivity index (χ2n) is 11.1. The minimum absolute atomic E-state index is 0.00817. The molecule has 1 saturated heterocycles. The number of aryl methyl sites for hydroxylation is 2. The maximum atomic E-state index is 14.1. The fourth-order valence-corrected chi connectivity index (χ4v) is 5.50. The molecular formula is C36H31N5O3. The molecule has 0 aliphatic carbocycles. The highest BCUT2D eigenvalue weighted by Crippen LogP contribution is 2.31. The van der Waals surface area contributed by atoms with Gasteiger partial charge in [-0.15, -0.1) is 0 Å². The van der Waals surface area contributed by atoms with Crippen LogP contribution in [0.5, 0.6) is 0 Å². The Bertz CT molecular complexity index is 1880. The summed E-state index contributed by atoms with van der Waals surface area (Å²) in [7, 11) is 2.02. The van der Waals surface area contributed by atoms with Crippen LogP contribution in [-0.4, -0.2) is 50.4 Å². The van der Waals surface area contributed by atoms with Crippen molar-refractivity contribution in [3.63, 3.8) is 0 Å². The normalized spacial score (nSPS) is 15.9. The van der Waals surface area contributed by atoms with E-state index in [1.165, 1.54) is 0 Å². The minimum Gasteiger partial charge on any atom is -0.460 e. The predicted octanol–water partition coefficient (Wildman–Crippen LogP) is 7.18. The van der Waals surface area contributed by atoms with Crippen molar-refractivity contribution in [3.8, 4) is 34.3 Å². The topological polar surface area (TPSA) is 82.2 Å². The molecule has 6 aromatic rings. The van der Waals surface area contributed by atoms with Gasteiger partial charge in [0.1, 0.15) is 22.9 Å². The number of furan rings is 2. The number of likely N-dealkylation sites (tertiary alicyclic amines) is 1. The molecular weight excluding hydrogens is 550 g/mol. The van der Waals surface area contributed by atoms with E-state index in [9.17, 15) is 4.79 Å². The number of aromatic nitrogens is 4. The third-order valence-corrected chi connectivity index (χ3v) is 7.60. The number of piperidine rings is 1. The molecule has 8 heteroatoms. The number of benzene rings is 2. The summed E-state index contributed by atoms with van der Waals surface area (Å²) in [5.41, 5.74) is 6.17. The molecule has 7 rings (SSSR count). The third kappa shape index (κ3) is 5.39. The maximum absolute atomic E-state index is 14.1. The van der Waals surface area contributed by atoms with Crippen LogP contribution in [0.1, 0.15) is 22.6 Å². The van der Waals surface area contributed by atoms with E-state index in [1.54, 1.807) is 0 Å². The number of para-hydroxylation sites is 2. The lowest BCUT2D eigenvalue weighted by Crippen LogP contribution is -2.34. The first-order chi connectivity index (χ1) is 21.4. The molecule has 1 aliphatic rings. The Morgan fingerprint density at radius 2 is 1.07 bits per heavy atom. The lowest BCUT2D eigenvalue weighted by atomic mass is 9.94. The molecule has 0 atom stereocenters. The Morgan fingerprint density at radius 3 is 1.45 bits per heavy atom. The highest BCUT2D eigenvalue weighted by molar-refractivity contribution is 6.15. The number of hydrogen-bond acceptors (Lipinski definition) is 6. The van der Waals surface area contributed by atoms with Crippen LogP contribution in [0, 0.1) is 13.8 Å². The van der Waals surface area contributed by atoms with Crippen LogP contribution < -0.4 is 0 Å². The van der Waals surface area contributed by atoms with Crippen molar-refractivity contribution in [3.05, 3.63) is 131 Å². The number of hydrogen-bond donors (Lipinski definition) is 0. The molecule has 8 nitrogen and oxygen atoms in total. The van der Waals surface area contributed by atoms with E-state index in [-0.39, 0.29) is 5.78 Å². The predicted molar refractivity (Wildman–Crippen MR) is 170 cm³/mol. The zero-order valence-corrected chi connectivity index (χ0v) is 24.8. The SMILES string of the molecule is Cc1ccc(-c2nn(-c3ccccc3)cc2/C=C2/CN(C)C/C(=C/c3cn(-c4ccccc4)nc3-c3ccc(C)o3)C2=O)o1. The molecule has 1 fully saturated rings. The van der Waals surface area contributed by atoms with E-state index in [0.717, 1.165) is 34.0 Å². The summed E-state index contributed by atoms with van der Waals surface area (Å²) in [4.78, 5) is 16.2. The molecule has 0 spiro atoms. The van der Waals surface area contributed by atoms with Crippen LogP contribution >= 0.6 is 0 Å². The molecule has 0 saturated carbocycles. The number of nitrogens with zero attached hydrogens (tertiary/aromatic N) is 5. The van der Waals surface area contributed by atoms with E-state index in [4.69, 9.17) is 19.0 Å². The van der Waals surface area contributed by atoms with E-state index in [0.29, 0.717) is 47.1 Å².